The quantitative estimate of drug-likeness (QED) is 0.0589. The van der Waals surface area contributed by atoms with Gasteiger partial charge in [-0.2, -0.15) is 0 Å². The molecule has 17 nitrogen and oxygen atoms in total. The van der Waals surface area contributed by atoms with E-state index in [0.29, 0.717) is 18.2 Å². The lowest BCUT2D eigenvalue weighted by Gasteiger charge is -2.47. The van der Waals surface area contributed by atoms with Gasteiger partial charge >= 0.3 is 11.9 Å². The summed E-state index contributed by atoms with van der Waals surface area (Å²) in [5.74, 6) is -16.2. The van der Waals surface area contributed by atoms with E-state index in [1.54, 1.807) is 0 Å². The van der Waals surface area contributed by atoms with Crippen LogP contribution in [0.25, 0.3) is 18.2 Å². The van der Waals surface area contributed by atoms with Crippen LogP contribution < -0.4 is 0 Å². The molecular formula is C33H28O17. The third-order valence-electron chi connectivity index (χ3n) is 7.38. The van der Waals surface area contributed by atoms with Crippen LogP contribution in [0.1, 0.15) is 16.7 Å². The highest BCUT2D eigenvalue weighted by atomic mass is 16.5. The number of aliphatic hydroxyl groups is 4. The van der Waals surface area contributed by atoms with E-state index in [2.05, 4.69) is 0 Å². The fraction of sp³-hybridized carbons (Fsp3) is 0.121. The number of aliphatic carboxylic acids is 2. The second-order valence-corrected chi connectivity index (χ2v) is 10.6. The van der Waals surface area contributed by atoms with Crippen molar-refractivity contribution in [3.63, 3.8) is 0 Å². The molecule has 0 aliphatic rings. The van der Waals surface area contributed by atoms with Crippen molar-refractivity contribution in [1.82, 2.24) is 0 Å². The van der Waals surface area contributed by atoms with Crippen LogP contribution in [-0.4, -0.2) is 113 Å². The molecule has 0 aliphatic heterocycles. The number of phenolic OH excluding ortho intramolecular Hbond substituents is 6. The van der Waals surface area contributed by atoms with Crippen LogP contribution in [0.4, 0.5) is 0 Å². The van der Waals surface area contributed by atoms with Gasteiger partial charge in [-0.15, -0.1) is 0 Å². The van der Waals surface area contributed by atoms with Crippen molar-refractivity contribution in [2.24, 2.45) is 0 Å². The van der Waals surface area contributed by atoms with Crippen molar-refractivity contribution in [2.45, 2.75) is 22.9 Å². The molecule has 262 valence electrons. The van der Waals surface area contributed by atoms with Gasteiger partial charge in [-0.3, -0.25) is 14.4 Å². The second-order valence-electron chi connectivity index (χ2n) is 10.6. The summed E-state index contributed by atoms with van der Waals surface area (Å²) in [7, 11) is 0. The van der Waals surface area contributed by atoms with E-state index in [4.69, 9.17) is 0 Å². The Balaban J connectivity index is 2.35. The number of benzene rings is 3. The fourth-order valence-electron chi connectivity index (χ4n) is 4.59. The molecule has 0 amide bonds. The van der Waals surface area contributed by atoms with E-state index in [9.17, 15) is 85.3 Å². The normalized spacial score (nSPS) is 16.0. The SMILES string of the molecule is O=C(O)[C@@H](O)[C@@](O)(C(=O)/C=C/c1ccc(O)c(O)c1)[C@](O)(C(=O)/C=C/c1ccc(O)c(O)c1)[C@](O)(C(=O)O)C(=O)/C=C/c1ccc(O)c(O)c1. The molecule has 0 saturated carbocycles. The van der Waals surface area contributed by atoms with Crippen molar-refractivity contribution in [1.29, 1.82) is 0 Å². The molecule has 3 rings (SSSR count). The first-order chi connectivity index (χ1) is 23.2. The number of phenols is 6. The Labute approximate surface area is 279 Å². The van der Waals surface area contributed by atoms with Gasteiger partial charge in [0.1, 0.15) is 0 Å². The Morgan fingerprint density at radius 1 is 0.520 bits per heavy atom. The van der Waals surface area contributed by atoms with Gasteiger partial charge in [0.15, 0.2) is 52.2 Å². The number of hydrogen-bond acceptors (Lipinski definition) is 15. The summed E-state index contributed by atoms with van der Waals surface area (Å²) in [6, 6.07) is 8.42. The molecule has 12 N–H and O–H groups in total. The first-order valence-corrected chi connectivity index (χ1v) is 13.8. The average molecular weight is 697 g/mol. The number of rotatable bonds is 14. The Morgan fingerprint density at radius 2 is 0.860 bits per heavy atom. The highest BCUT2D eigenvalue weighted by Gasteiger charge is 2.77. The van der Waals surface area contributed by atoms with E-state index in [0.717, 1.165) is 54.6 Å². The van der Waals surface area contributed by atoms with E-state index >= 15 is 0 Å². The number of carbonyl (C=O) groups excluding carboxylic acids is 3. The molecule has 0 fully saturated rings. The van der Waals surface area contributed by atoms with Crippen LogP contribution in [0, 0.1) is 0 Å². The minimum Gasteiger partial charge on any atom is -0.504 e. The van der Waals surface area contributed by atoms with Gasteiger partial charge in [0, 0.05) is 0 Å². The molecule has 0 saturated heterocycles. The molecule has 3 aromatic rings. The maximum Gasteiger partial charge on any atom is 0.347 e. The summed E-state index contributed by atoms with van der Waals surface area (Å²) in [4.78, 5) is 65.7. The molecule has 0 unspecified atom stereocenters. The first-order valence-electron chi connectivity index (χ1n) is 13.8. The lowest BCUT2D eigenvalue weighted by molar-refractivity contribution is -0.247. The predicted octanol–water partition coefficient (Wildman–Crippen LogP) is -0.209. The summed E-state index contributed by atoms with van der Waals surface area (Å²) in [6.45, 7) is 0. The summed E-state index contributed by atoms with van der Waals surface area (Å²) < 4.78 is 0. The summed E-state index contributed by atoms with van der Waals surface area (Å²) in [5, 5.41) is 123. The average Bonchev–Trinajstić information content (AvgIpc) is 3.07. The van der Waals surface area contributed by atoms with Crippen LogP contribution >= 0.6 is 0 Å². The smallest absolute Gasteiger partial charge is 0.347 e. The van der Waals surface area contributed by atoms with Gasteiger partial charge in [0.25, 0.3) is 5.60 Å². The van der Waals surface area contributed by atoms with Crippen molar-refractivity contribution in [2.75, 3.05) is 0 Å². The molecule has 0 radical (unpaired) electrons. The number of carboxylic acid groups (broad SMARTS) is 2. The summed E-state index contributed by atoms with van der Waals surface area (Å²) in [5.41, 5.74) is -14.8. The molecule has 50 heavy (non-hydrogen) atoms. The maximum absolute atomic E-state index is 13.8. The van der Waals surface area contributed by atoms with Gasteiger partial charge in [0.2, 0.25) is 17.0 Å². The highest BCUT2D eigenvalue weighted by molar-refractivity contribution is 6.23. The number of carboxylic acids is 2. The van der Waals surface area contributed by atoms with Crippen LogP contribution in [0.15, 0.2) is 72.8 Å². The molecule has 0 aromatic heterocycles. The zero-order chi connectivity index (χ0) is 37.8. The molecule has 17 heteroatoms. The van der Waals surface area contributed by atoms with Gasteiger partial charge in [-0.1, -0.05) is 36.4 Å². The number of ketones is 3. The maximum atomic E-state index is 13.8. The van der Waals surface area contributed by atoms with Crippen molar-refractivity contribution in [3.8, 4) is 34.5 Å². The molecule has 3 aromatic carbocycles. The number of hydrogen-bond donors (Lipinski definition) is 12. The second kappa shape index (κ2) is 14.3. The molecule has 0 spiro atoms. The number of aliphatic hydroxyl groups excluding tert-OH is 1. The zero-order valence-corrected chi connectivity index (χ0v) is 25.1. The molecular weight excluding hydrogens is 668 g/mol. The lowest BCUT2D eigenvalue weighted by atomic mass is 9.62. The Hall–Kier alpha value is -6.53. The Morgan fingerprint density at radius 3 is 1.18 bits per heavy atom. The van der Waals surface area contributed by atoms with E-state index in [1.165, 1.54) is 0 Å². The minimum atomic E-state index is -4.85. The molecule has 0 bridgehead atoms. The first kappa shape index (κ1) is 37.9. The minimum absolute atomic E-state index is 0.156. The van der Waals surface area contributed by atoms with E-state index in [-0.39, 0.29) is 34.9 Å². The number of carbonyl (C=O) groups is 5. The zero-order valence-electron chi connectivity index (χ0n) is 25.1. The van der Waals surface area contributed by atoms with E-state index < -0.39 is 86.7 Å². The summed E-state index contributed by atoms with van der Waals surface area (Å²) >= 11 is 0. The van der Waals surface area contributed by atoms with Crippen molar-refractivity contribution < 1.29 is 85.3 Å². The standard InChI is InChI=1S/C33H28O17/c34-19-7-1-16(13-22(19)37)4-10-25(40)31(48,28(43)29(44)45)33(50,27(42)12-6-18-3-9-21(36)24(39)15-18)32(49,30(46)47)26(41)11-5-17-2-8-20(35)23(38)14-17/h1-15,28,34-39,43,48-50H,(H,44,45)(H,46,47)/b10-4+,11-5+,12-6+/t28-,31+,32-,33-/m1/s1. The van der Waals surface area contributed by atoms with Gasteiger partial charge in [-0.05, 0) is 71.3 Å². The van der Waals surface area contributed by atoms with Gasteiger partial charge in [0.05, 0.1) is 0 Å². The van der Waals surface area contributed by atoms with Crippen LogP contribution in [0.3, 0.4) is 0 Å². The van der Waals surface area contributed by atoms with Crippen molar-refractivity contribution >= 4 is 47.5 Å². The Bertz CT molecular complexity index is 1960. The Kier molecular flexibility index (Phi) is 10.8. The molecule has 0 aliphatic carbocycles. The highest BCUT2D eigenvalue weighted by Crippen LogP contribution is 2.41. The predicted molar refractivity (Wildman–Crippen MR) is 168 cm³/mol. The van der Waals surface area contributed by atoms with Crippen LogP contribution in [0.5, 0.6) is 34.5 Å². The molecule has 0 heterocycles. The fourth-order valence-corrected chi connectivity index (χ4v) is 4.59. The molecule has 4 atom stereocenters. The van der Waals surface area contributed by atoms with Crippen LogP contribution in [-0.2, 0) is 24.0 Å². The third kappa shape index (κ3) is 6.86. The topological polar surface area (TPSA) is 328 Å². The van der Waals surface area contributed by atoms with Gasteiger partial charge in [-0.25, -0.2) is 9.59 Å². The van der Waals surface area contributed by atoms with Gasteiger partial charge < -0.3 is 61.3 Å². The largest absolute Gasteiger partial charge is 0.504 e. The number of aromatic hydroxyl groups is 6. The van der Waals surface area contributed by atoms with Crippen LogP contribution in [0.2, 0.25) is 0 Å². The third-order valence-corrected chi connectivity index (χ3v) is 7.38. The summed E-state index contributed by atoms with van der Waals surface area (Å²) in [6.07, 6.45) is -1.12. The lowest BCUT2D eigenvalue weighted by Crippen LogP contribution is -2.82. The monoisotopic (exact) mass is 696 g/mol. The van der Waals surface area contributed by atoms with Crippen molar-refractivity contribution in [3.05, 3.63) is 89.5 Å². The van der Waals surface area contributed by atoms with E-state index in [1.807, 2.05) is 0 Å².